The molecule has 1 aromatic carbocycles. The van der Waals surface area contributed by atoms with Crippen molar-refractivity contribution in [1.29, 1.82) is 0 Å². The molecule has 0 amide bonds. The van der Waals surface area contributed by atoms with E-state index >= 15 is 0 Å². The molecule has 4 nitrogen and oxygen atoms in total. The van der Waals surface area contributed by atoms with Crippen molar-refractivity contribution in [3.63, 3.8) is 0 Å². The maximum atomic E-state index is 12.5. The number of carbonyl (C=O) groups is 1. The van der Waals surface area contributed by atoms with Gasteiger partial charge < -0.3 is 14.8 Å². The molecule has 1 unspecified atom stereocenters. The van der Waals surface area contributed by atoms with Crippen molar-refractivity contribution in [1.82, 2.24) is 5.32 Å². The average Bonchev–Trinajstić information content (AvgIpc) is 2.65. The first kappa shape index (κ1) is 20.2. The van der Waals surface area contributed by atoms with Crippen LogP contribution in [-0.2, 0) is 22.2 Å². The number of rotatable bonds is 10. The summed E-state index contributed by atoms with van der Waals surface area (Å²) in [7, 11) is 0.987. The van der Waals surface area contributed by atoms with Gasteiger partial charge in [0.05, 0.1) is 11.3 Å². The van der Waals surface area contributed by atoms with Crippen LogP contribution in [0.4, 0.5) is 0 Å². The Morgan fingerprint density at radius 1 is 1.31 bits per heavy atom. The predicted molar refractivity (Wildman–Crippen MR) is 107 cm³/mol. The van der Waals surface area contributed by atoms with E-state index in [1.165, 1.54) is 5.56 Å². The number of carbonyl (C=O) groups excluding carboxylic acids is 1. The number of ether oxygens (including phenoxy) is 2. The van der Waals surface area contributed by atoms with Crippen molar-refractivity contribution in [2.75, 3.05) is 6.79 Å². The number of unbranched alkanes of at least 4 members (excludes halogenated alkanes) is 1. The zero-order valence-corrected chi connectivity index (χ0v) is 16.1. The van der Waals surface area contributed by atoms with Crippen LogP contribution in [0, 0.1) is 0 Å². The van der Waals surface area contributed by atoms with Crippen LogP contribution in [0.15, 0.2) is 42.8 Å². The van der Waals surface area contributed by atoms with E-state index < -0.39 is 0 Å². The van der Waals surface area contributed by atoms with Gasteiger partial charge in [-0.15, -0.1) is 0 Å². The van der Waals surface area contributed by atoms with Crippen LogP contribution < -0.4 is 5.32 Å². The Labute approximate surface area is 157 Å². The SMILES string of the molecule is C=C(CC)NC1BCc2c(cccc2C(=O)OCOC(=C)CCCC)C1. The quantitative estimate of drug-likeness (QED) is 0.300. The van der Waals surface area contributed by atoms with E-state index in [4.69, 9.17) is 9.47 Å². The summed E-state index contributed by atoms with van der Waals surface area (Å²) in [5.74, 6) is 0.723. The topological polar surface area (TPSA) is 47.6 Å². The summed E-state index contributed by atoms with van der Waals surface area (Å²) in [5, 5.41) is 3.48. The fourth-order valence-electron chi connectivity index (χ4n) is 3.20. The molecule has 0 radical (unpaired) electrons. The third-order valence-corrected chi connectivity index (χ3v) is 4.80. The highest BCUT2D eigenvalue weighted by atomic mass is 16.7. The highest BCUT2D eigenvalue weighted by molar-refractivity contribution is 6.38. The number of hydrogen-bond donors (Lipinski definition) is 1. The van der Waals surface area contributed by atoms with E-state index in [0.29, 0.717) is 17.3 Å². The molecule has 0 saturated heterocycles. The van der Waals surface area contributed by atoms with Crippen LogP contribution in [0.2, 0.25) is 0 Å². The smallest absolute Gasteiger partial charge is 0.341 e. The van der Waals surface area contributed by atoms with Crippen molar-refractivity contribution in [3.05, 3.63) is 59.5 Å². The normalized spacial score (nSPS) is 15.4. The van der Waals surface area contributed by atoms with Gasteiger partial charge in [0, 0.05) is 18.1 Å². The second-order valence-corrected chi connectivity index (χ2v) is 6.82. The van der Waals surface area contributed by atoms with E-state index in [2.05, 4.69) is 38.4 Å². The van der Waals surface area contributed by atoms with Gasteiger partial charge in [0.15, 0.2) is 7.28 Å². The number of fused-ring (bicyclic) bond motifs is 1. The number of nitrogens with one attached hydrogen (secondary N) is 1. The maximum Gasteiger partial charge on any atom is 0.341 e. The second kappa shape index (κ2) is 10.1. The van der Waals surface area contributed by atoms with Crippen LogP contribution >= 0.6 is 0 Å². The molecule has 0 saturated carbocycles. The molecule has 26 heavy (non-hydrogen) atoms. The molecule has 0 aromatic heterocycles. The molecule has 1 aliphatic heterocycles. The molecule has 1 atom stereocenters. The maximum absolute atomic E-state index is 12.5. The lowest BCUT2D eigenvalue weighted by molar-refractivity contribution is -0.00894. The molecule has 1 aromatic rings. The molecule has 1 heterocycles. The Bertz CT molecular complexity index is 657. The van der Waals surface area contributed by atoms with Crippen molar-refractivity contribution >= 4 is 13.2 Å². The number of allylic oxidation sites excluding steroid dienone is 2. The molecule has 0 fully saturated rings. The lowest BCUT2D eigenvalue weighted by Crippen LogP contribution is -2.40. The molecular formula is C21H30BNO3. The molecular weight excluding hydrogens is 325 g/mol. The van der Waals surface area contributed by atoms with Gasteiger partial charge in [0.25, 0.3) is 0 Å². The van der Waals surface area contributed by atoms with Crippen LogP contribution in [0.25, 0.3) is 0 Å². The Hall–Kier alpha value is -2.17. The average molecular weight is 355 g/mol. The highest BCUT2D eigenvalue weighted by Gasteiger charge is 2.24. The molecule has 140 valence electrons. The van der Waals surface area contributed by atoms with Crippen LogP contribution in [-0.4, -0.2) is 26.0 Å². The molecule has 0 bridgehead atoms. The van der Waals surface area contributed by atoms with Gasteiger partial charge in [-0.05, 0) is 42.8 Å². The number of esters is 1. The zero-order chi connectivity index (χ0) is 18.9. The van der Waals surface area contributed by atoms with Crippen molar-refractivity contribution < 1.29 is 14.3 Å². The van der Waals surface area contributed by atoms with Gasteiger partial charge in [-0.1, -0.05) is 45.6 Å². The molecule has 1 N–H and O–H groups in total. The van der Waals surface area contributed by atoms with Crippen molar-refractivity contribution in [3.8, 4) is 0 Å². The van der Waals surface area contributed by atoms with Crippen LogP contribution in [0.3, 0.4) is 0 Å². The zero-order valence-electron chi connectivity index (χ0n) is 16.1. The largest absolute Gasteiger partial charge is 0.462 e. The summed E-state index contributed by atoms with van der Waals surface area (Å²) in [5.41, 5.74) is 4.02. The summed E-state index contributed by atoms with van der Waals surface area (Å²) in [6, 6.07) is 5.86. The van der Waals surface area contributed by atoms with Crippen LogP contribution in [0.1, 0.15) is 61.0 Å². The first-order chi connectivity index (χ1) is 12.5. The summed E-state index contributed by atoms with van der Waals surface area (Å²) < 4.78 is 10.7. The highest BCUT2D eigenvalue weighted by Crippen LogP contribution is 2.23. The Kier molecular flexibility index (Phi) is 7.83. The first-order valence-corrected chi connectivity index (χ1v) is 9.57. The standard InChI is InChI=1S/C21H30BNO3/c1-5-7-9-16(4)25-14-26-21(24)18-11-8-10-17-12-20(22-13-19(17)18)23-15(3)6-2/h8,10-11,20,22-23H,3-7,9,12-14H2,1-2H3. The van der Waals surface area contributed by atoms with Gasteiger partial charge in [-0.2, -0.15) is 0 Å². The number of benzene rings is 1. The fourth-order valence-corrected chi connectivity index (χ4v) is 3.20. The Balaban J connectivity index is 1.93. The lowest BCUT2D eigenvalue weighted by Gasteiger charge is -2.27. The minimum absolute atomic E-state index is 0.0778. The minimum atomic E-state index is -0.325. The lowest BCUT2D eigenvalue weighted by atomic mass is 9.57. The molecule has 5 heteroatoms. The Morgan fingerprint density at radius 2 is 2.12 bits per heavy atom. The van der Waals surface area contributed by atoms with Crippen LogP contribution in [0.5, 0.6) is 0 Å². The van der Waals surface area contributed by atoms with Crippen molar-refractivity contribution in [2.24, 2.45) is 0 Å². The molecule has 1 aliphatic rings. The summed E-state index contributed by atoms with van der Waals surface area (Å²) in [6.07, 6.45) is 5.60. The van der Waals surface area contributed by atoms with E-state index in [1.807, 2.05) is 12.1 Å². The van der Waals surface area contributed by atoms with Gasteiger partial charge in [-0.25, -0.2) is 4.79 Å². The van der Waals surface area contributed by atoms with E-state index in [9.17, 15) is 4.79 Å². The third-order valence-electron chi connectivity index (χ3n) is 4.80. The summed E-state index contributed by atoms with van der Waals surface area (Å²) >= 11 is 0. The van der Waals surface area contributed by atoms with Crippen molar-refractivity contribution in [2.45, 2.75) is 58.2 Å². The Morgan fingerprint density at radius 3 is 2.85 bits per heavy atom. The predicted octanol–water partition coefficient (Wildman–Crippen LogP) is 3.85. The first-order valence-electron chi connectivity index (χ1n) is 9.57. The fraction of sp³-hybridized carbons (Fsp3) is 0.476. The van der Waals surface area contributed by atoms with E-state index in [1.54, 1.807) is 0 Å². The number of hydrogen-bond acceptors (Lipinski definition) is 4. The molecule has 0 spiro atoms. The minimum Gasteiger partial charge on any atom is -0.462 e. The van der Waals surface area contributed by atoms with Gasteiger partial charge >= 0.3 is 5.97 Å². The molecule has 2 rings (SSSR count). The summed E-state index contributed by atoms with van der Waals surface area (Å²) in [6.45, 7) is 12.0. The molecule has 0 aliphatic carbocycles. The van der Waals surface area contributed by atoms with Gasteiger partial charge in [0.2, 0.25) is 6.79 Å². The third kappa shape index (κ3) is 5.68. The van der Waals surface area contributed by atoms with E-state index in [0.717, 1.165) is 57.0 Å². The van der Waals surface area contributed by atoms with E-state index in [-0.39, 0.29) is 12.8 Å². The second-order valence-electron chi connectivity index (χ2n) is 6.82. The van der Waals surface area contributed by atoms with Gasteiger partial charge in [-0.3, -0.25) is 0 Å². The summed E-state index contributed by atoms with van der Waals surface area (Å²) in [4.78, 5) is 12.5. The monoisotopic (exact) mass is 355 g/mol. The van der Waals surface area contributed by atoms with Gasteiger partial charge in [0.1, 0.15) is 0 Å².